The molecule has 3 rings (SSSR count). The van der Waals surface area contributed by atoms with Crippen LogP contribution in [0.5, 0.6) is 0 Å². The molecule has 0 saturated heterocycles. The Kier molecular flexibility index (Phi) is 5.43. The Hall–Kier alpha value is -2.27. The van der Waals surface area contributed by atoms with E-state index in [1.807, 2.05) is 30.4 Å². The fraction of sp³-hybridized carbons (Fsp3) is 0.300. The first-order chi connectivity index (χ1) is 12.0. The van der Waals surface area contributed by atoms with E-state index in [2.05, 4.69) is 35.4 Å². The van der Waals surface area contributed by atoms with Crippen molar-refractivity contribution in [1.29, 1.82) is 0 Å². The van der Waals surface area contributed by atoms with Gasteiger partial charge in [0, 0.05) is 17.5 Å². The lowest BCUT2D eigenvalue weighted by molar-refractivity contribution is -0.115. The summed E-state index contributed by atoms with van der Waals surface area (Å²) in [4.78, 5) is 16.7. The minimum absolute atomic E-state index is 0.120. The lowest BCUT2D eigenvalue weighted by atomic mass is 9.89. The van der Waals surface area contributed by atoms with Gasteiger partial charge in [-0.3, -0.25) is 9.79 Å². The Morgan fingerprint density at radius 1 is 1.40 bits per heavy atom. The molecule has 0 spiro atoms. The molecule has 1 aromatic rings. The number of allylic oxidation sites excluding steroid dienone is 3. The zero-order chi connectivity index (χ0) is 17.7. The smallest absolute Gasteiger partial charge is 0.248 e. The molecule has 1 aliphatic heterocycles. The maximum atomic E-state index is 12.1. The van der Waals surface area contributed by atoms with Crippen molar-refractivity contribution in [2.75, 3.05) is 5.75 Å². The molecule has 1 unspecified atom stereocenters. The summed E-state index contributed by atoms with van der Waals surface area (Å²) >= 11 is 1.60. The average molecular weight is 353 g/mol. The van der Waals surface area contributed by atoms with Gasteiger partial charge in [0.25, 0.3) is 0 Å². The van der Waals surface area contributed by atoms with E-state index in [1.165, 1.54) is 0 Å². The zero-order valence-electron chi connectivity index (χ0n) is 14.4. The molecular formula is C20H23N3OS. The van der Waals surface area contributed by atoms with Crippen molar-refractivity contribution in [3.05, 3.63) is 65.4 Å². The molecule has 1 amide bonds. The first-order valence-corrected chi connectivity index (χ1v) is 9.48. The number of hydrogen-bond acceptors (Lipinski definition) is 4. The van der Waals surface area contributed by atoms with Gasteiger partial charge < -0.3 is 11.1 Å². The molecule has 25 heavy (non-hydrogen) atoms. The molecule has 0 aromatic heterocycles. The second-order valence-corrected chi connectivity index (χ2v) is 7.52. The van der Waals surface area contributed by atoms with Crippen molar-refractivity contribution in [1.82, 2.24) is 5.32 Å². The van der Waals surface area contributed by atoms with Gasteiger partial charge in [-0.25, -0.2) is 0 Å². The minimum Gasteiger partial charge on any atom is -0.379 e. The standard InChI is InChI=1S/C20H23N3OS/c1-20(12-13-25-19(21)23-20)16-7-5-6-15(14-16)10-11-18(24)22-17-8-3-2-4-9-17/h3,5-11,14H,2,4,12-13H2,1H3,(H2,21,23)(H,22,24)/b11-10+. The number of benzene rings is 1. The molecule has 4 nitrogen and oxygen atoms in total. The van der Waals surface area contributed by atoms with Crippen LogP contribution in [0, 0.1) is 0 Å². The molecule has 0 bridgehead atoms. The lowest BCUT2D eigenvalue weighted by Crippen LogP contribution is -2.28. The lowest BCUT2D eigenvalue weighted by Gasteiger charge is -2.29. The quantitative estimate of drug-likeness (QED) is 0.811. The summed E-state index contributed by atoms with van der Waals surface area (Å²) in [6.45, 7) is 2.11. The van der Waals surface area contributed by atoms with E-state index in [1.54, 1.807) is 17.8 Å². The van der Waals surface area contributed by atoms with Crippen LogP contribution in [0.1, 0.15) is 37.3 Å². The van der Waals surface area contributed by atoms with E-state index in [-0.39, 0.29) is 11.4 Å². The predicted octanol–water partition coefficient (Wildman–Crippen LogP) is 3.72. The summed E-state index contributed by atoms with van der Waals surface area (Å²) < 4.78 is 0. The highest BCUT2D eigenvalue weighted by molar-refractivity contribution is 8.13. The monoisotopic (exact) mass is 353 g/mol. The molecule has 5 heteroatoms. The number of nitrogens with two attached hydrogens (primary N) is 1. The number of carbonyl (C=O) groups is 1. The number of thioether (sulfide) groups is 1. The third kappa shape index (κ3) is 4.63. The number of rotatable bonds is 4. The Labute approximate surface area is 153 Å². The number of amides is 1. The second-order valence-electron chi connectivity index (χ2n) is 6.41. The third-order valence-electron chi connectivity index (χ3n) is 4.39. The van der Waals surface area contributed by atoms with Crippen molar-refractivity contribution in [3.63, 3.8) is 0 Å². The van der Waals surface area contributed by atoms with E-state index in [0.29, 0.717) is 5.17 Å². The minimum atomic E-state index is -0.293. The first-order valence-electron chi connectivity index (χ1n) is 8.50. The molecule has 0 saturated carbocycles. The topological polar surface area (TPSA) is 67.5 Å². The molecule has 1 heterocycles. The number of aliphatic imine (C=N–C) groups is 1. The Morgan fingerprint density at radius 2 is 2.28 bits per heavy atom. The van der Waals surface area contributed by atoms with Crippen molar-refractivity contribution in [2.45, 2.75) is 31.7 Å². The maximum absolute atomic E-state index is 12.1. The van der Waals surface area contributed by atoms with Crippen LogP contribution < -0.4 is 11.1 Å². The summed E-state index contributed by atoms with van der Waals surface area (Å²) in [6, 6.07) is 8.14. The molecule has 3 N–H and O–H groups in total. The molecular weight excluding hydrogens is 330 g/mol. The molecule has 2 aliphatic rings. The molecule has 1 aliphatic carbocycles. The summed E-state index contributed by atoms with van der Waals surface area (Å²) in [6.07, 6.45) is 12.4. The molecule has 1 aromatic carbocycles. The Balaban J connectivity index is 1.71. The summed E-state index contributed by atoms with van der Waals surface area (Å²) in [5.41, 5.74) is 8.59. The number of hydrogen-bond donors (Lipinski definition) is 2. The molecule has 0 radical (unpaired) electrons. The largest absolute Gasteiger partial charge is 0.379 e. The highest BCUT2D eigenvalue weighted by Gasteiger charge is 2.29. The highest BCUT2D eigenvalue weighted by Crippen LogP contribution is 2.35. The molecule has 130 valence electrons. The van der Waals surface area contributed by atoms with Gasteiger partial charge in [-0.2, -0.15) is 0 Å². The van der Waals surface area contributed by atoms with Gasteiger partial charge in [0.05, 0.1) is 5.54 Å². The molecule has 0 fully saturated rings. The predicted molar refractivity (Wildman–Crippen MR) is 106 cm³/mol. The summed E-state index contributed by atoms with van der Waals surface area (Å²) in [5, 5.41) is 3.53. The zero-order valence-corrected chi connectivity index (χ0v) is 15.2. The van der Waals surface area contributed by atoms with Crippen molar-refractivity contribution in [2.24, 2.45) is 10.7 Å². The van der Waals surface area contributed by atoms with Crippen LogP contribution in [0.3, 0.4) is 0 Å². The number of carbonyl (C=O) groups excluding carboxylic acids is 1. The van der Waals surface area contributed by atoms with Crippen LogP contribution in [0.2, 0.25) is 0 Å². The van der Waals surface area contributed by atoms with Gasteiger partial charge >= 0.3 is 0 Å². The van der Waals surface area contributed by atoms with E-state index >= 15 is 0 Å². The Bertz CT molecular complexity index is 779. The van der Waals surface area contributed by atoms with Crippen molar-refractivity contribution >= 4 is 28.9 Å². The van der Waals surface area contributed by atoms with E-state index in [4.69, 9.17) is 5.73 Å². The fourth-order valence-electron chi connectivity index (χ4n) is 2.93. The normalized spacial score (nSPS) is 23.2. The van der Waals surface area contributed by atoms with Crippen LogP contribution in [-0.4, -0.2) is 16.8 Å². The highest BCUT2D eigenvalue weighted by atomic mass is 32.2. The SMILES string of the molecule is CC1(c2cccc(/C=C/C(=O)NC3=CCCC=C3)c2)CCSC(N)=N1. The van der Waals surface area contributed by atoms with Crippen LogP contribution in [0.15, 0.2) is 59.3 Å². The van der Waals surface area contributed by atoms with Gasteiger partial charge in [0.15, 0.2) is 5.17 Å². The number of nitrogens with one attached hydrogen (secondary N) is 1. The van der Waals surface area contributed by atoms with Gasteiger partial charge in [0.1, 0.15) is 0 Å². The van der Waals surface area contributed by atoms with Crippen molar-refractivity contribution < 1.29 is 4.79 Å². The summed E-state index contributed by atoms with van der Waals surface area (Å²) in [7, 11) is 0. The van der Waals surface area contributed by atoms with Gasteiger partial charge in [-0.15, -0.1) is 0 Å². The van der Waals surface area contributed by atoms with Crippen molar-refractivity contribution in [3.8, 4) is 0 Å². The number of amidine groups is 1. The molecule has 1 atom stereocenters. The van der Waals surface area contributed by atoms with Crippen LogP contribution in [-0.2, 0) is 10.3 Å². The average Bonchev–Trinajstić information content (AvgIpc) is 2.61. The van der Waals surface area contributed by atoms with Gasteiger partial charge in [-0.05, 0) is 55.5 Å². The van der Waals surface area contributed by atoms with E-state index < -0.39 is 0 Å². The van der Waals surface area contributed by atoms with Gasteiger partial charge in [-0.1, -0.05) is 42.1 Å². The second kappa shape index (κ2) is 7.74. The van der Waals surface area contributed by atoms with Gasteiger partial charge in [0.2, 0.25) is 5.91 Å². The van der Waals surface area contributed by atoms with E-state index in [0.717, 1.165) is 41.8 Å². The summed E-state index contributed by atoms with van der Waals surface area (Å²) in [5.74, 6) is 0.850. The fourth-order valence-corrected chi connectivity index (χ4v) is 3.91. The van der Waals surface area contributed by atoms with Crippen LogP contribution in [0.25, 0.3) is 6.08 Å². The van der Waals surface area contributed by atoms with E-state index in [9.17, 15) is 4.79 Å². The van der Waals surface area contributed by atoms with Crippen LogP contribution >= 0.6 is 11.8 Å². The number of nitrogens with zero attached hydrogens (tertiary/aromatic N) is 1. The maximum Gasteiger partial charge on any atom is 0.248 e. The third-order valence-corrected chi connectivity index (χ3v) is 5.19. The van der Waals surface area contributed by atoms with Crippen LogP contribution in [0.4, 0.5) is 0 Å². The Morgan fingerprint density at radius 3 is 3.04 bits per heavy atom. The first kappa shape index (κ1) is 17.5.